The maximum Gasteiger partial charge on any atom is 0.222 e. The molecule has 0 aliphatic carbocycles. The fourth-order valence-electron chi connectivity index (χ4n) is 3.86. The zero-order chi connectivity index (χ0) is 19.5. The van der Waals surface area contributed by atoms with Gasteiger partial charge in [0.15, 0.2) is 0 Å². The number of carbonyl (C=O) groups excluding carboxylic acids is 1. The van der Waals surface area contributed by atoms with Crippen molar-refractivity contribution in [2.24, 2.45) is 0 Å². The van der Waals surface area contributed by atoms with Crippen LogP contribution in [0.2, 0.25) is 5.02 Å². The fourth-order valence-corrected chi connectivity index (χ4v) is 4.03. The number of carbonyl (C=O) groups is 1. The van der Waals surface area contributed by atoms with E-state index >= 15 is 0 Å². The van der Waals surface area contributed by atoms with E-state index in [1.165, 1.54) is 22.3 Å². The fraction of sp³-hybridized carbons (Fsp3) is 0.292. The molecule has 0 bridgehead atoms. The highest BCUT2D eigenvalue weighted by atomic mass is 35.5. The Hall–Kier alpha value is -2.52. The molecule has 4 heteroatoms. The lowest BCUT2D eigenvalue weighted by atomic mass is 9.98. The number of nitrogens with one attached hydrogen (secondary N) is 1. The maximum absolute atomic E-state index is 12.6. The first kappa shape index (κ1) is 18.8. The zero-order valence-electron chi connectivity index (χ0n) is 16.2. The van der Waals surface area contributed by atoms with Crippen molar-refractivity contribution in [3.8, 4) is 0 Å². The molecule has 3 aromatic rings. The molecule has 0 spiro atoms. The van der Waals surface area contributed by atoms with Crippen molar-refractivity contribution >= 4 is 34.0 Å². The van der Waals surface area contributed by atoms with Gasteiger partial charge in [-0.2, -0.15) is 0 Å². The van der Waals surface area contributed by atoms with Crippen LogP contribution in [0.25, 0.3) is 16.5 Å². The molecule has 4 rings (SSSR count). The number of H-pyrrole nitrogens is 1. The maximum atomic E-state index is 12.6. The third-order valence-electron chi connectivity index (χ3n) is 5.53. The van der Waals surface area contributed by atoms with Gasteiger partial charge in [-0.25, -0.2) is 0 Å². The monoisotopic (exact) mass is 392 g/mol. The predicted octanol–water partition coefficient (Wildman–Crippen LogP) is 5.77. The van der Waals surface area contributed by atoms with Gasteiger partial charge >= 0.3 is 0 Å². The molecule has 0 radical (unpaired) electrons. The van der Waals surface area contributed by atoms with Gasteiger partial charge in [-0.1, -0.05) is 47.5 Å². The molecule has 2 heterocycles. The number of benzene rings is 2. The van der Waals surface area contributed by atoms with E-state index in [2.05, 4.69) is 42.2 Å². The largest absolute Gasteiger partial charge is 0.361 e. The van der Waals surface area contributed by atoms with Crippen LogP contribution < -0.4 is 0 Å². The third-order valence-corrected chi connectivity index (χ3v) is 5.76. The number of hydrogen-bond acceptors (Lipinski definition) is 1. The van der Waals surface area contributed by atoms with Gasteiger partial charge in [0.05, 0.1) is 0 Å². The molecule has 1 aliphatic heterocycles. The van der Waals surface area contributed by atoms with Crippen LogP contribution in [0, 0.1) is 6.92 Å². The highest BCUT2D eigenvalue weighted by Gasteiger charge is 2.19. The first-order valence-corrected chi connectivity index (χ1v) is 10.3. The Morgan fingerprint density at radius 3 is 2.75 bits per heavy atom. The Kier molecular flexibility index (Phi) is 5.54. The highest BCUT2D eigenvalue weighted by molar-refractivity contribution is 6.31. The van der Waals surface area contributed by atoms with Crippen LogP contribution in [0.5, 0.6) is 0 Å². The van der Waals surface area contributed by atoms with Gasteiger partial charge in [0, 0.05) is 47.2 Å². The van der Waals surface area contributed by atoms with Crippen LogP contribution in [-0.4, -0.2) is 28.9 Å². The summed E-state index contributed by atoms with van der Waals surface area (Å²) in [6.07, 6.45) is 7.58. The molecular weight excluding hydrogens is 368 g/mol. The van der Waals surface area contributed by atoms with Crippen LogP contribution in [-0.2, 0) is 11.2 Å². The van der Waals surface area contributed by atoms with E-state index in [4.69, 9.17) is 11.6 Å². The zero-order valence-corrected chi connectivity index (χ0v) is 16.9. The highest BCUT2D eigenvalue weighted by Crippen LogP contribution is 2.31. The topological polar surface area (TPSA) is 36.1 Å². The van der Waals surface area contributed by atoms with E-state index in [9.17, 15) is 4.79 Å². The van der Waals surface area contributed by atoms with E-state index in [0.29, 0.717) is 13.0 Å². The standard InChI is InChI=1S/C24H25ClN2O/c1-17-5-7-18(8-6-17)3-2-4-24(28)27-13-11-19(12-14-27)22-16-26-23-10-9-20(25)15-21(22)23/h5-11,15-16,26H,2-4,12-14H2,1H3. The second-order valence-corrected chi connectivity index (χ2v) is 7.99. The van der Waals surface area contributed by atoms with Crippen molar-refractivity contribution in [2.75, 3.05) is 13.1 Å². The Morgan fingerprint density at radius 2 is 2.00 bits per heavy atom. The van der Waals surface area contributed by atoms with Crippen LogP contribution >= 0.6 is 11.6 Å². The summed E-state index contributed by atoms with van der Waals surface area (Å²) in [5, 5.41) is 1.90. The number of nitrogens with zero attached hydrogens (tertiary/aromatic N) is 1. The second-order valence-electron chi connectivity index (χ2n) is 7.55. The average Bonchev–Trinajstić information content (AvgIpc) is 3.12. The molecule has 3 nitrogen and oxygen atoms in total. The number of halogens is 1. The SMILES string of the molecule is Cc1ccc(CCCC(=O)N2CC=C(c3c[nH]c4ccc(Cl)cc34)CC2)cc1. The van der Waals surface area contributed by atoms with Crippen molar-refractivity contribution in [3.63, 3.8) is 0 Å². The molecule has 0 fully saturated rings. The van der Waals surface area contributed by atoms with E-state index < -0.39 is 0 Å². The van der Waals surface area contributed by atoms with Gasteiger partial charge in [-0.05, 0) is 55.5 Å². The number of amides is 1. The minimum Gasteiger partial charge on any atom is -0.361 e. The molecule has 1 aliphatic rings. The van der Waals surface area contributed by atoms with E-state index in [0.717, 1.165) is 41.7 Å². The molecule has 1 aromatic heterocycles. The molecule has 1 N–H and O–H groups in total. The van der Waals surface area contributed by atoms with Crippen molar-refractivity contribution in [1.29, 1.82) is 0 Å². The number of aromatic amines is 1. The number of aryl methyl sites for hydroxylation is 2. The summed E-state index contributed by atoms with van der Waals surface area (Å²) in [6.45, 7) is 3.56. The minimum absolute atomic E-state index is 0.254. The molecule has 0 unspecified atom stereocenters. The van der Waals surface area contributed by atoms with Crippen LogP contribution in [0.3, 0.4) is 0 Å². The quantitative estimate of drug-likeness (QED) is 0.588. The molecule has 1 amide bonds. The molecule has 144 valence electrons. The third kappa shape index (κ3) is 4.15. The first-order valence-electron chi connectivity index (χ1n) is 9.89. The molecule has 0 saturated heterocycles. The first-order chi connectivity index (χ1) is 13.6. The summed E-state index contributed by atoms with van der Waals surface area (Å²) in [4.78, 5) is 17.9. The summed E-state index contributed by atoms with van der Waals surface area (Å²) in [5.41, 5.74) is 6.15. The van der Waals surface area contributed by atoms with Gasteiger partial charge in [0.25, 0.3) is 0 Å². The van der Waals surface area contributed by atoms with Gasteiger partial charge in [0.1, 0.15) is 0 Å². The predicted molar refractivity (Wildman–Crippen MR) is 117 cm³/mol. The van der Waals surface area contributed by atoms with Crippen molar-refractivity contribution < 1.29 is 4.79 Å². The molecule has 2 aromatic carbocycles. The summed E-state index contributed by atoms with van der Waals surface area (Å²) in [5.74, 6) is 0.254. The summed E-state index contributed by atoms with van der Waals surface area (Å²) in [7, 11) is 0. The number of rotatable bonds is 5. The Bertz CT molecular complexity index is 1020. The van der Waals surface area contributed by atoms with Gasteiger partial charge in [-0.3, -0.25) is 4.79 Å². The molecule has 0 atom stereocenters. The minimum atomic E-state index is 0.254. The number of aromatic nitrogens is 1. The molecular formula is C24H25ClN2O. The van der Waals surface area contributed by atoms with E-state index in [-0.39, 0.29) is 5.91 Å². The Labute approximate surface area is 171 Å². The van der Waals surface area contributed by atoms with Crippen molar-refractivity contribution in [2.45, 2.75) is 32.6 Å². The lowest BCUT2D eigenvalue weighted by Crippen LogP contribution is -2.34. The Morgan fingerprint density at radius 1 is 1.18 bits per heavy atom. The van der Waals surface area contributed by atoms with Gasteiger partial charge < -0.3 is 9.88 Å². The van der Waals surface area contributed by atoms with E-state index in [1.54, 1.807) is 0 Å². The normalized spacial score (nSPS) is 14.4. The van der Waals surface area contributed by atoms with Crippen LogP contribution in [0.1, 0.15) is 36.0 Å². The number of hydrogen-bond donors (Lipinski definition) is 1. The molecule has 28 heavy (non-hydrogen) atoms. The van der Waals surface area contributed by atoms with Crippen molar-refractivity contribution in [3.05, 3.63) is 76.5 Å². The summed E-state index contributed by atoms with van der Waals surface area (Å²) < 4.78 is 0. The number of fused-ring (bicyclic) bond motifs is 1. The second kappa shape index (κ2) is 8.24. The van der Waals surface area contributed by atoms with Crippen molar-refractivity contribution in [1.82, 2.24) is 9.88 Å². The Balaban J connectivity index is 1.34. The van der Waals surface area contributed by atoms with E-state index in [1.807, 2.05) is 29.3 Å². The lowest BCUT2D eigenvalue weighted by molar-refractivity contribution is -0.130. The summed E-state index contributed by atoms with van der Waals surface area (Å²) >= 11 is 6.17. The molecule has 0 saturated carbocycles. The van der Waals surface area contributed by atoms with Crippen LogP contribution in [0.15, 0.2) is 54.7 Å². The summed E-state index contributed by atoms with van der Waals surface area (Å²) in [6, 6.07) is 14.5. The van der Waals surface area contributed by atoms with Gasteiger partial charge in [-0.15, -0.1) is 0 Å². The van der Waals surface area contributed by atoms with Gasteiger partial charge in [0.2, 0.25) is 5.91 Å². The lowest BCUT2D eigenvalue weighted by Gasteiger charge is -2.26. The average molecular weight is 393 g/mol. The smallest absolute Gasteiger partial charge is 0.222 e. The van der Waals surface area contributed by atoms with Crippen LogP contribution in [0.4, 0.5) is 0 Å².